The molecule has 0 aromatic heterocycles. The van der Waals surface area contributed by atoms with Gasteiger partial charge in [0.25, 0.3) is 11.4 Å². The molecule has 0 radical (unpaired) electrons. The third kappa shape index (κ3) is 6.89. The van der Waals surface area contributed by atoms with Gasteiger partial charge in [0.15, 0.2) is 0 Å². The lowest BCUT2D eigenvalue weighted by Gasteiger charge is -2.20. The second kappa shape index (κ2) is 12.6. The van der Waals surface area contributed by atoms with Crippen LogP contribution in [0.3, 0.4) is 0 Å². The van der Waals surface area contributed by atoms with E-state index in [9.17, 15) is 66.4 Å². The zero-order valence-electron chi connectivity index (χ0n) is 22.4. The van der Waals surface area contributed by atoms with Gasteiger partial charge in [-0.1, -0.05) is 44.0 Å². The van der Waals surface area contributed by atoms with E-state index in [1.54, 1.807) is 0 Å². The highest BCUT2D eigenvalue weighted by atomic mass is 79.9. The third-order valence-electron chi connectivity index (χ3n) is 6.46. The molecule has 19 heteroatoms. The molecular formula is C28H12Br2F6N2O9. The molecule has 244 valence electrons. The molecule has 0 saturated heterocycles. The number of hydrogen-bond acceptors (Lipinski definition) is 7. The maximum absolute atomic E-state index is 13.4. The molecule has 47 heavy (non-hydrogen) atoms. The minimum atomic E-state index is -4.85. The monoisotopic (exact) mass is 792 g/mol. The number of aromatic carboxylic acids is 2. The normalized spacial score (nSPS) is 11.7. The molecule has 4 rings (SSSR count). The topological polar surface area (TPSA) is 170 Å². The summed E-state index contributed by atoms with van der Waals surface area (Å²) >= 11 is 5.82. The van der Waals surface area contributed by atoms with Gasteiger partial charge in [-0.15, -0.1) is 0 Å². The van der Waals surface area contributed by atoms with Crippen molar-refractivity contribution in [2.24, 2.45) is 0 Å². The summed E-state index contributed by atoms with van der Waals surface area (Å²) in [7, 11) is 0. The molecule has 11 nitrogen and oxygen atoms in total. The van der Waals surface area contributed by atoms with Gasteiger partial charge < -0.3 is 14.9 Å². The predicted molar refractivity (Wildman–Crippen MR) is 156 cm³/mol. The molecule has 0 fully saturated rings. The van der Waals surface area contributed by atoms with Crippen molar-refractivity contribution in [3.05, 3.63) is 112 Å². The Bertz CT molecular complexity index is 1860. The summed E-state index contributed by atoms with van der Waals surface area (Å²) in [6.07, 6.45) is -9.71. The van der Waals surface area contributed by atoms with E-state index in [0.717, 1.165) is 24.3 Å². The molecule has 0 aliphatic rings. The van der Waals surface area contributed by atoms with Crippen LogP contribution in [0.25, 0.3) is 22.3 Å². The fourth-order valence-electron chi connectivity index (χ4n) is 4.49. The van der Waals surface area contributed by atoms with Gasteiger partial charge in [0.05, 0.1) is 21.0 Å². The largest absolute Gasteiger partial charge is 0.477 e. The zero-order chi connectivity index (χ0) is 35.2. The molecule has 0 heterocycles. The van der Waals surface area contributed by atoms with Gasteiger partial charge in [-0.3, -0.25) is 20.2 Å². The van der Waals surface area contributed by atoms with Crippen molar-refractivity contribution in [3.8, 4) is 33.8 Å². The molecule has 0 atom stereocenters. The number of carboxylic acid groups (broad SMARTS) is 2. The predicted octanol–water partition coefficient (Wildman–Crippen LogP) is 9.59. The van der Waals surface area contributed by atoms with E-state index in [1.807, 2.05) is 0 Å². The number of nitro groups is 2. The summed E-state index contributed by atoms with van der Waals surface area (Å²) < 4.78 is 85.3. The van der Waals surface area contributed by atoms with E-state index in [1.165, 1.54) is 0 Å². The van der Waals surface area contributed by atoms with Crippen LogP contribution in [0.15, 0.2) is 69.6 Å². The van der Waals surface area contributed by atoms with Gasteiger partial charge in [-0.2, -0.15) is 26.3 Å². The fourth-order valence-corrected chi connectivity index (χ4v) is 5.65. The summed E-state index contributed by atoms with van der Waals surface area (Å²) in [6.45, 7) is 0. The Morgan fingerprint density at radius 2 is 0.979 bits per heavy atom. The summed E-state index contributed by atoms with van der Waals surface area (Å²) in [6, 6.07) is 6.84. The number of hydrogen-bond donors (Lipinski definition) is 2. The van der Waals surface area contributed by atoms with Crippen molar-refractivity contribution in [3.63, 3.8) is 0 Å². The van der Waals surface area contributed by atoms with Crippen molar-refractivity contribution >= 4 is 55.2 Å². The highest BCUT2D eigenvalue weighted by molar-refractivity contribution is 9.11. The molecule has 2 N–H and O–H groups in total. The molecule has 0 amide bonds. The number of nitro benzene ring substituents is 2. The first kappa shape index (κ1) is 34.8. The van der Waals surface area contributed by atoms with Crippen LogP contribution in [0.4, 0.5) is 37.7 Å². The second-order valence-corrected chi connectivity index (χ2v) is 11.0. The van der Waals surface area contributed by atoms with Gasteiger partial charge in [-0.05, 0) is 36.4 Å². The first-order chi connectivity index (χ1) is 21.7. The molecular weight excluding hydrogens is 782 g/mol. The second-order valence-electron chi connectivity index (χ2n) is 9.28. The van der Waals surface area contributed by atoms with Gasteiger partial charge >= 0.3 is 24.3 Å². The zero-order valence-corrected chi connectivity index (χ0v) is 25.6. The number of benzene rings is 4. The van der Waals surface area contributed by atoms with Crippen molar-refractivity contribution < 1.29 is 60.7 Å². The van der Waals surface area contributed by atoms with E-state index in [2.05, 4.69) is 31.9 Å². The minimum Gasteiger partial charge on any atom is -0.477 e. The van der Waals surface area contributed by atoms with Crippen molar-refractivity contribution in [2.75, 3.05) is 0 Å². The summed E-state index contributed by atoms with van der Waals surface area (Å²) in [5.41, 5.74) is -8.61. The number of rotatable bonds is 8. The molecule has 0 aliphatic heterocycles. The number of carbonyl (C=O) groups is 2. The standard InChI is InChI=1S/C28H12Br2F6N2O9/c29-15-9-11(27(31,32)33)1-3-13(15)21-19(7-5-17(37(43)44)23(21)25(39)40)47-20-8-6-18(38(45)46)24(26(41)42)22(20)14-4-2-12(10-16(14)30)28(34,35)36/h1-10H,(H,39,40)(H,41,42). The van der Waals surface area contributed by atoms with Crippen LogP contribution in [0.5, 0.6) is 11.5 Å². The van der Waals surface area contributed by atoms with E-state index in [4.69, 9.17) is 4.74 Å². The molecule has 0 aliphatic carbocycles. The lowest BCUT2D eigenvalue weighted by molar-refractivity contribution is -0.385. The van der Waals surface area contributed by atoms with Gasteiger partial charge in [-0.25, -0.2) is 9.59 Å². The Kier molecular flexibility index (Phi) is 9.36. The van der Waals surface area contributed by atoms with Crippen molar-refractivity contribution in [1.82, 2.24) is 0 Å². The highest BCUT2D eigenvalue weighted by Gasteiger charge is 2.36. The van der Waals surface area contributed by atoms with Crippen LogP contribution < -0.4 is 4.74 Å². The lowest BCUT2D eigenvalue weighted by atomic mass is 9.94. The Morgan fingerprint density at radius 3 is 1.23 bits per heavy atom. The summed E-state index contributed by atoms with van der Waals surface area (Å²) in [5, 5.41) is 43.5. The van der Waals surface area contributed by atoms with E-state index in [-0.39, 0.29) is 11.1 Å². The van der Waals surface area contributed by atoms with Gasteiger partial charge in [0.2, 0.25) is 0 Å². The van der Waals surface area contributed by atoms with Crippen LogP contribution in [-0.4, -0.2) is 32.0 Å². The van der Waals surface area contributed by atoms with E-state index >= 15 is 0 Å². The first-order valence-electron chi connectivity index (χ1n) is 12.3. The Morgan fingerprint density at radius 1 is 0.638 bits per heavy atom. The number of ether oxygens (including phenoxy) is 1. The van der Waals surface area contributed by atoms with Crippen LogP contribution >= 0.6 is 31.9 Å². The maximum atomic E-state index is 13.4. The van der Waals surface area contributed by atoms with Gasteiger partial charge in [0.1, 0.15) is 22.6 Å². The Balaban J connectivity index is 2.11. The summed E-state index contributed by atoms with van der Waals surface area (Å²) in [4.78, 5) is 46.1. The Hall–Kier alpha value is -5.04. The molecule has 0 saturated carbocycles. The quantitative estimate of drug-likeness (QED) is 0.100. The minimum absolute atomic E-state index is 0.369. The average molecular weight is 794 g/mol. The molecule has 4 aromatic rings. The van der Waals surface area contributed by atoms with Crippen LogP contribution in [0.1, 0.15) is 31.8 Å². The van der Waals surface area contributed by atoms with E-state index < -0.39 is 99.3 Å². The number of alkyl halides is 6. The number of carboxylic acids is 2. The van der Waals surface area contributed by atoms with Crippen molar-refractivity contribution in [1.29, 1.82) is 0 Å². The molecule has 0 bridgehead atoms. The SMILES string of the molecule is O=C(O)c1c([N+](=O)[O-])ccc(Oc2ccc([N+](=O)[O-])c(C(=O)O)c2-c2ccc(C(F)(F)F)cc2Br)c1-c1ccc(C(F)(F)F)cc1Br. The number of nitrogens with zero attached hydrogens (tertiary/aromatic N) is 2. The molecule has 4 aromatic carbocycles. The first-order valence-corrected chi connectivity index (χ1v) is 13.8. The average Bonchev–Trinajstić information content (AvgIpc) is 2.95. The van der Waals surface area contributed by atoms with Crippen molar-refractivity contribution in [2.45, 2.75) is 12.4 Å². The van der Waals surface area contributed by atoms with Crippen LogP contribution in [0.2, 0.25) is 0 Å². The van der Waals surface area contributed by atoms with Gasteiger partial charge in [0, 0.05) is 43.3 Å². The molecule has 0 spiro atoms. The lowest BCUT2D eigenvalue weighted by Crippen LogP contribution is -2.10. The number of halogens is 8. The van der Waals surface area contributed by atoms with E-state index in [0.29, 0.717) is 36.4 Å². The maximum Gasteiger partial charge on any atom is 0.416 e. The highest BCUT2D eigenvalue weighted by Crippen LogP contribution is 2.49. The summed E-state index contributed by atoms with van der Waals surface area (Å²) in [5.74, 6) is -5.10. The fraction of sp³-hybridized carbons (Fsp3) is 0.0714. The third-order valence-corrected chi connectivity index (χ3v) is 7.77. The van der Waals surface area contributed by atoms with Crippen LogP contribution in [0, 0.1) is 20.2 Å². The smallest absolute Gasteiger partial charge is 0.416 e. The van der Waals surface area contributed by atoms with Crippen LogP contribution in [-0.2, 0) is 12.4 Å². The molecule has 0 unspecified atom stereocenters. The Labute approximate surface area is 273 Å².